The van der Waals surface area contributed by atoms with Crippen LogP contribution in [0, 0.1) is 6.92 Å². The zero-order chi connectivity index (χ0) is 18.8. The fourth-order valence-corrected chi connectivity index (χ4v) is 3.33. The molecule has 0 spiro atoms. The highest BCUT2D eigenvalue weighted by Crippen LogP contribution is 2.31. The van der Waals surface area contributed by atoms with Gasteiger partial charge >= 0.3 is 0 Å². The smallest absolute Gasteiger partial charge is 0.274 e. The van der Waals surface area contributed by atoms with E-state index in [1.165, 1.54) is 6.26 Å². The molecule has 1 N–H and O–H groups in total. The summed E-state index contributed by atoms with van der Waals surface area (Å²) in [6.45, 7) is 1.75. The van der Waals surface area contributed by atoms with Gasteiger partial charge in [-0.1, -0.05) is 48.5 Å². The molecule has 0 saturated heterocycles. The Kier molecular flexibility index (Phi) is 4.34. The van der Waals surface area contributed by atoms with Gasteiger partial charge in [0.15, 0.2) is 0 Å². The van der Waals surface area contributed by atoms with E-state index in [0.29, 0.717) is 11.3 Å². The number of hydrogen-bond acceptors (Lipinski definition) is 3. The van der Waals surface area contributed by atoms with E-state index in [1.807, 2.05) is 37.4 Å². The lowest BCUT2D eigenvalue weighted by atomic mass is 10.1. The predicted molar refractivity (Wildman–Crippen MR) is 107 cm³/mol. The molecular formula is C22H19N3O2. The monoisotopic (exact) mass is 357 g/mol. The summed E-state index contributed by atoms with van der Waals surface area (Å²) in [5.74, 6) is 0.275. The minimum atomic E-state index is -0.293. The topological polar surface area (TPSA) is 59.5 Å². The SMILES string of the molecule is Cc1occc1C(=O)NN=Cc1c(-c2ccccc2)n(C)c2ccccc12. The quantitative estimate of drug-likeness (QED) is 0.431. The van der Waals surface area contributed by atoms with Crippen LogP contribution in [0.3, 0.4) is 0 Å². The first-order chi connectivity index (χ1) is 13.2. The number of benzene rings is 2. The van der Waals surface area contributed by atoms with E-state index in [-0.39, 0.29) is 5.91 Å². The Bertz CT molecular complexity index is 1140. The lowest BCUT2D eigenvalue weighted by Crippen LogP contribution is -2.17. The Labute approximate surface area is 156 Å². The summed E-state index contributed by atoms with van der Waals surface area (Å²) in [5.41, 5.74) is 7.28. The van der Waals surface area contributed by atoms with Crippen molar-refractivity contribution in [1.82, 2.24) is 9.99 Å². The second-order valence-corrected chi connectivity index (χ2v) is 6.29. The molecular weight excluding hydrogens is 338 g/mol. The van der Waals surface area contributed by atoms with E-state index < -0.39 is 0 Å². The molecule has 134 valence electrons. The number of carbonyl (C=O) groups excluding carboxylic acids is 1. The van der Waals surface area contributed by atoms with Gasteiger partial charge in [-0.15, -0.1) is 0 Å². The van der Waals surface area contributed by atoms with E-state index in [2.05, 4.69) is 39.4 Å². The van der Waals surface area contributed by atoms with Crippen molar-refractivity contribution in [2.75, 3.05) is 0 Å². The second kappa shape index (κ2) is 6.96. The largest absolute Gasteiger partial charge is 0.469 e. The molecule has 0 aliphatic heterocycles. The van der Waals surface area contributed by atoms with Crippen LogP contribution in [0.4, 0.5) is 0 Å². The normalized spacial score (nSPS) is 11.3. The third-order valence-corrected chi connectivity index (χ3v) is 4.66. The fourth-order valence-electron chi connectivity index (χ4n) is 3.33. The summed E-state index contributed by atoms with van der Waals surface area (Å²) in [6.07, 6.45) is 3.20. The second-order valence-electron chi connectivity index (χ2n) is 6.29. The molecule has 0 atom stereocenters. The molecule has 5 heteroatoms. The first-order valence-electron chi connectivity index (χ1n) is 8.67. The fraction of sp³-hybridized carbons (Fsp3) is 0.0909. The van der Waals surface area contributed by atoms with Crippen molar-refractivity contribution in [3.63, 3.8) is 0 Å². The zero-order valence-corrected chi connectivity index (χ0v) is 15.1. The molecule has 2 heterocycles. The van der Waals surface area contributed by atoms with Crippen LogP contribution in [-0.4, -0.2) is 16.7 Å². The van der Waals surface area contributed by atoms with Gasteiger partial charge in [0, 0.05) is 23.5 Å². The van der Waals surface area contributed by atoms with Crippen molar-refractivity contribution in [3.8, 4) is 11.3 Å². The summed E-state index contributed by atoms with van der Waals surface area (Å²) in [6, 6.07) is 19.9. The maximum absolute atomic E-state index is 12.3. The number of para-hydroxylation sites is 1. The van der Waals surface area contributed by atoms with Crippen molar-refractivity contribution >= 4 is 23.0 Å². The molecule has 0 fully saturated rings. The van der Waals surface area contributed by atoms with Crippen LogP contribution in [0.2, 0.25) is 0 Å². The van der Waals surface area contributed by atoms with Crippen LogP contribution in [0.15, 0.2) is 76.4 Å². The molecule has 0 aliphatic carbocycles. The van der Waals surface area contributed by atoms with Gasteiger partial charge in [0.1, 0.15) is 5.76 Å². The molecule has 2 aromatic carbocycles. The van der Waals surface area contributed by atoms with Gasteiger partial charge in [-0.05, 0) is 24.6 Å². The molecule has 0 radical (unpaired) electrons. The molecule has 0 saturated carbocycles. The summed E-state index contributed by atoms with van der Waals surface area (Å²) < 4.78 is 7.32. The highest BCUT2D eigenvalue weighted by Gasteiger charge is 2.15. The number of amides is 1. The number of nitrogens with zero attached hydrogens (tertiary/aromatic N) is 2. The van der Waals surface area contributed by atoms with Crippen molar-refractivity contribution in [1.29, 1.82) is 0 Å². The van der Waals surface area contributed by atoms with Crippen LogP contribution in [0.5, 0.6) is 0 Å². The number of rotatable bonds is 4. The third-order valence-electron chi connectivity index (χ3n) is 4.66. The van der Waals surface area contributed by atoms with Gasteiger partial charge in [0.25, 0.3) is 5.91 Å². The van der Waals surface area contributed by atoms with Crippen LogP contribution in [-0.2, 0) is 7.05 Å². The highest BCUT2D eigenvalue weighted by atomic mass is 16.3. The first kappa shape index (κ1) is 16.8. The number of furan rings is 1. The Morgan fingerprint density at radius 1 is 1.07 bits per heavy atom. The van der Waals surface area contributed by atoms with Gasteiger partial charge in [0.2, 0.25) is 0 Å². The molecule has 27 heavy (non-hydrogen) atoms. The highest BCUT2D eigenvalue weighted by molar-refractivity contribution is 6.07. The lowest BCUT2D eigenvalue weighted by Gasteiger charge is -2.06. The van der Waals surface area contributed by atoms with Gasteiger partial charge in [0.05, 0.1) is 23.7 Å². The minimum Gasteiger partial charge on any atom is -0.469 e. The molecule has 5 nitrogen and oxygen atoms in total. The summed E-state index contributed by atoms with van der Waals surface area (Å²) in [5, 5.41) is 5.29. The number of hydrogen-bond donors (Lipinski definition) is 1. The van der Waals surface area contributed by atoms with Gasteiger partial charge in [-0.25, -0.2) is 5.43 Å². The maximum atomic E-state index is 12.3. The van der Waals surface area contributed by atoms with Crippen molar-refractivity contribution in [3.05, 3.63) is 83.8 Å². The van der Waals surface area contributed by atoms with Crippen LogP contribution in [0.1, 0.15) is 21.7 Å². The van der Waals surface area contributed by atoms with E-state index in [9.17, 15) is 4.79 Å². The number of hydrazone groups is 1. The number of carbonyl (C=O) groups is 1. The number of aryl methyl sites for hydroxylation is 2. The molecule has 4 rings (SSSR count). The van der Waals surface area contributed by atoms with E-state index >= 15 is 0 Å². The van der Waals surface area contributed by atoms with E-state index in [0.717, 1.165) is 27.7 Å². The Balaban J connectivity index is 1.74. The molecule has 2 aromatic heterocycles. The third kappa shape index (κ3) is 3.04. The molecule has 1 amide bonds. The van der Waals surface area contributed by atoms with Crippen molar-refractivity contribution in [2.45, 2.75) is 6.92 Å². The standard InChI is InChI=1S/C22H19N3O2/c1-15-17(12-13-27-15)22(26)24-23-14-19-18-10-6-7-11-20(18)25(2)21(19)16-8-4-3-5-9-16/h3-14H,1-2H3,(H,24,26). The van der Waals surface area contributed by atoms with Gasteiger partial charge < -0.3 is 8.98 Å². The predicted octanol–water partition coefficient (Wildman–Crippen LogP) is 4.51. The number of nitrogens with one attached hydrogen (secondary N) is 1. The lowest BCUT2D eigenvalue weighted by molar-refractivity contribution is 0.0953. The Morgan fingerprint density at radius 2 is 1.81 bits per heavy atom. The maximum Gasteiger partial charge on any atom is 0.274 e. The number of fused-ring (bicyclic) bond motifs is 1. The number of aromatic nitrogens is 1. The van der Waals surface area contributed by atoms with Crippen molar-refractivity contribution < 1.29 is 9.21 Å². The van der Waals surface area contributed by atoms with Gasteiger partial charge in [-0.3, -0.25) is 4.79 Å². The molecule has 0 aliphatic rings. The van der Waals surface area contributed by atoms with Gasteiger partial charge in [-0.2, -0.15) is 5.10 Å². The van der Waals surface area contributed by atoms with Crippen LogP contribution in [0.25, 0.3) is 22.2 Å². The Hall–Kier alpha value is -3.60. The summed E-state index contributed by atoms with van der Waals surface area (Å²) in [4.78, 5) is 12.3. The Morgan fingerprint density at radius 3 is 2.56 bits per heavy atom. The molecule has 4 aromatic rings. The van der Waals surface area contributed by atoms with E-state index in [4.69, 9.17) is 4.42 Å². The molecule has 0 unspecified atom stereocenters. The molecule has 0 bridgehead atoms. The minimum absolute atomic E-state index is 0.293. The van der Waals surface area contributed by atoms with Crippen molar-refractivity contribution in [2.24, 2.45) is 12.1 Å². The summed E-state index contributed by atoms with van der Waals surface area (Å²) >= 11 is 0. The zero-order valence-electron chi connectivity index (χ0n) is 15.1. The van der Waals surface area contributed by atoms with Crippen LogP contribution >= 0.6 is 0 Å². The van der Waals surface area contributed by atoms with E-state index in [1.54, 1.807) is 19.2 Å². The van der Waals surface area contributed by atoms with Crippen LogP contribution < -0.4 is 5.43 Å². The first-order valence-corrected chi connectivity index (χ1v) is 8.67. The average molecular weight is 357 g/mol. The average Bonchev–Trinajstić information content (AvgIpc) is 3.24. The summed E-state index contributed by atoms with van der Waals surface area (Å²) in [7, 11) is 2.04.